The number of aliphatic hydroxyl groups excluding tert-OH is 1. The molecular formula is C12H14N2O2S. The fourth-order valence-corrected chi connectivity index (χ4v) is 2.84. The molecule has 0 bridgehead atoms. The Kier molecular flexibility index (Phi) is 3.40. The largest absolute Gasteiger partial charge is 0.395 e. The number of carbonyl (C=O) groups is 1. The smallest absolute Gasteiger partial charge is 0.243 e. The Balaban J connectivity index is 2.34. The highest BCUT2D eigenvalue weighted by Crippen LogP contribution is 2.21. The van der Waals surface area contributed by atoms with Gasteiger partial charge in [0.2, 0.25) is 5.91 Å². The van der Waals surface area contributed by atoms with Gasteiger partial charge in [0.1, 0.15) is 0 Å². The number of carbonyl (C=O) groups excluding carboxylic acids is 1. The van der Waals surface area contributed by atoms with Crippen LogP contribution in [0.2, 0.25) is 0 Å². The zero-order valence-corrected chi connectivity index (χ0v) is 10.6. The van der Waals surface area contributed by atoms with Gasteiger partial charge >= 0.3 is 0 Å². The molecule has 2 rings (SSSR count). The van der Waals surface area contributed by atoms with Crippen LogP contribution in [0.4, 0.5) is 0 Å². The third-order valence-electron chi connectivity index (χ3n) is 2.48. The molecule has 90 valence electrons. The highest BCUT2D eigenvalue weighted by molar-refractivity contribution is 7.99. The van der Waals surface area contributed by atoms with E-state index in [0.29, 0.717) is 12.3 Å². The molecule has 0 atom stereocenters. The zero-order chi connectivity index (χ0) is 12.4. The van der Waals surface area contributed by atoms with Crippen LogP contribution in [0.3, 0.4) is 0 Å². The van der Waals surface area contributed by atoms with Crippen molar-refractivity contribution in [3.63, 3.8) is 0 Å². The van der Waals surface area contributed by atoms with E-state index in [-0.39, 0.29) is 12.5 Å². The molecule has 1 heterocycles. The molecule has 0 saturated carbocycles. The summed E-state index contributed by atoms with van der Waals surface area (Å²) in [6, 6.07) is 0. The van der Waals surface area contributed by atoms with E-state index in [1.165, 1.54) is 6.92 Å². The first-order chi connectivity index (χ1) is 8.11. The molecule has 0 fully saturated rings. The van der Waals surface area contributed by atoms with Crippen molar-refractivity contribution in [2.24, 2.45) is 4.99 Å². The van der Waals surface area contributed by atoms with E-state index in [9.17, 15) is 4.79 Å². The molecule has 0 saturated heterocycles. The fourth-order valence-electron chi connectivity index (χ4n) is 1.82. The van der Waals surface area contributed by atoms with Crippen molar-refractivity contribution in [1.29, 1.82) is 0 Å². The summed E-state index contributed by atoms with van der Waals surface area (Å²) in [5, 5.41) is 9.04. The van der Waals surface area contributed by atoms with Gasteiger partial charge in [0.15, 0.2) is 0 Å². The third-order valence-corrected chi connectivity index (χ3v) is 3.56. The number of nitrogens with zero attached hydrogens (tertiary/aromatic N) is 2. The van der Waals surface area contributed by atoms with E-state index in [4.69, 9.17) is 5.11 Å². The van der Waals surface area contributed by atoms with E-state index < -0.39 is 0 Å². The van der Waals surface area contributed by atoms with Crippen LogP contribution in [0, 0.1) is 0 Å². The summed E-state index contributed by atoms with van der Waals surface area (Å²) in [5.41, 5.74) is 1.68. The Morgan fingerprint density at radius 2 is 2.29 bits per heavy atom. The Morgan fingerprint density at radius 1 is 1.53 bits per heavy atom. The Hall–Kier alpha value is -1.46. The second kappa shape index (κ2) is 4.81. The number of amides is 1. The number of aliphatic imine (C=N–C) groups is 1. The van der Waals surface area contributed by atoms with Crippen LogP contribution >= 0.6 is 10.9 Å². The summed E-state index contributed by atoms with van der Waals surface area (Å²) in [6.45, 7) is 4.12. The minimum atomic E-state index is -0.204. The summed E-state index contributed by atoms with van der Waals surface area (Å²) in [4.78, 5) is 19.2. The summed E-state index contributed by atoms with van der Waals surface area (Å²) >= 11 is 0. The van der Waals surface area contributed by atoms with Crippen molar-refractivity contribution >= 4 is 32.4 Å². The Labute approximate surface area is 104 Å². The van der Waals surface area contributed by atoms with Gasteiger partial charge in [-0.25, -0.2) is 4.99 Å². The second-order valence-corrected chi connectivity index (χ2v) is 5.01. The summed E-state index contributed by atoms with van der Waals surface area (Å²) in [5.74, 6) is -0.204. The first kappa shape index (κ1) is 12.0. The lowest BCUT2D eigenvalue weighted by Gasteiger charge is -2.22. The van der Waals surface area contributed by atoms with Crippen molar-refractivity contribution < 1.29 is 9.90 Å². The van der Waals surface area contributed by atoms with Crippen LogP contribution in [0.15, 0.2) is 28.9 Å². The van der Waals surface area contributed by atoms with Crippen LogP contribution in [0.5, 0.6) is 0 Å². The molecule has 1 aliphatic carbocycles. The van der Waals surface area contributed by atoms with E-state index in [0.717, 1.165) is 15.6 Å². The zero-order valence-electron chi connectivity index (χ0n) is 9.80. The lowest BCUT2D eigenvalue weighted by atomic mass is 10.1. The molecule has 5 heteroatoms. The van der Waals surface area contributed by atoms with Crippen molar-refractivity contribution in [3.05, 3.63) is 23.9 Å². The number of β-amino-alcohol motifs (C(OH)–C–C–N with tert-alkyl or cyclic N) is 1. The number of aliphatic hydroxyl groups is 1. The van der Waals surface area contributed by atoms with Crippen molar-refractivity contribution in [1.82, 2.24) is 4.90 Å². The maximum absolute atomic E-state index is 11.0. The first-order valence-corrected chi connectivity index (χ1v) is 6.19. The normalized spacial score (nSPS) is 20.5. The van der Waals surface area contributed by atoms with Crippen LogP contribution in [0.25, 0.3) is 0 Å². The quantitative estimate of drug-likeness (QED) is 0.737. The van der Waals surface area contributed by atoms with E-state index in [1.54, 1.807) is 10.9 Å². The van der Waals surface area contributed by atoms with Crippen LogP contribution < -0.4 is 0 Å². The third kappa shape index (κ3) is 2.45. The maximum Gasteiger partial charge on any atom is 0.243 e. The van der Waals surface area contributed by atoms with Crippen molar-refractivity contribution in [2.75, 3.05) is 13.2 Å². The van der Waals surface area contributed by atoms with Gasteiger partial charge in [-0.1, -0.05) is 0 Å². The molecule has 0 aromatic carbocycles. The van der Waals surface area contributed by atoms with Gasteiger partial charge in [-0.2, -0.15) is 0 Å². The average molecular weight is 250 g/mol. The van der Waals surface area contributed by atoms with Gasteiger partial charge in [0, 0.05) is 13.5 Å². The minimum Gasteiger partial charge on any atom is -0.395 e. The van der Waals surface area contributed by atoms with Gasteiger partial charge in [-0.15, -0.1) is 10.9 Å². The van der Waals surface area contributed by atoms with Gasteiger partial charge in [0.25, 0.3) is 0 Å². The Morgan fingerprint density at radius 3 is 2.94 bits per heavy atom. The van der Waals surface area contributed by atoms with Crippen molar-refractivity contribution in [3.8, 4) is 0 Å². The van der Waals surface area contributed by atoms with E-state index in [2.05, 4.69) is 4.99 Å². The lowest BCUT2D eigenvalue weighted by Crippen LogP contribution is -2.30. The Bertz CT molecular complexity index is 523. The van der Waals surface area contributed by atoms with Gasteiger partial charge in [0.05, 0.1) is 27.9 Å². The molecule has 0 radical (unpaired) electrons. The predicted molar refractivity (Wildman–Crippen MR) is 72.4 cm³/mol. The highest BCUT2D eigenvalue weighted by Gasteiger charge is 2.22. The monoisotopic (exact) mass is 250 g/mol. The van der Waals surface area contributed by atoms with E-state index in [1.807, 2.05) is 30.1 Å². The maximum atomic E-state index is 11.0. The topological polar surface area (TPSA) is 52.9 Å². The van der Waals surface area contributed by atoms with Gasteiger partial charge < -0.3 is 10.0 Å². The summed E-state index contributed by atoms with van der Waals surface area (Å²) < 4.78 is 0. The molecule has 1 aliphatic heterocycles. The molecule has 17 heavy (non-hydrogen) atoms. The number of allylic oxidation sites excluding steroid dienone is 3. The number of hydrogen-bond donors (Lipinski definition) is 1. The molecule has 0 unspecified atom stereocenters. The van der Waals surface area contributed by atoms with Crippen LogP contribution in [0.1, 0.15) is 13.8 Å². The lowest BCUT2D eigenvalue weighted by molar-refractivity contribution is -0.115. The molecule has 1 amide bonds. The van der Waals surface area contributed by atoms with Crippen LogP contribution in [-0.2, 0) is 4.79 Å². The number of rotatable bonds is 2. The van der Waals surface area contributed by atoms with Crippen LogP contribution in [-0.4, -0.2) is 44.6 Å². The number of fused-ring (bicyclic) bond motifs is 1. The summed E-state index contributed by atoms with van der Waals surface area (Å²) in [6.07, 6.45) is 5.68. The number of hydrogen-bond acceptors (Lipinski definition) is 3. The predicted octanol–water partition coefficient (Wildman–Crippen LogP) is 0.791. The van der Waals surface area contributed by atoms with Gasteiger partial charge in [-0.3, -0.25) is 4.79 Å². The SMILES string of the molecule is CC(=O)N=C1C=CC2=S=C(C)N(CCO)C2=C1. The molecule has 1 N–H and O–H groups in total. The average Bonchev–Trinajstić information content (AvgIpc) is 2.55. The van der Waals surface area contributed by atoms with Crippen molar-refractivity contribution in [2.45, 2.75) is 13.8 Å². The fraction of sp³-hybridized carbons (Fsp3) is 0.333. The standard InChI is InChI=1S/C12H14N2O2S/c1-8(16)13-10-3-4-12-11(7-10)14(5-6-15)9(2)17-12/h3-4,7,15H,5-6H2,1-2H3. The minimum absolute atomic E-state index is 0.103. The molecule has 0 aromatic rings. The highest BCUT2D eigenvalue weighted by atomic mass is 32.1. The molecule has 4 nitrogen and oxygen atoms in total. The molecular weight excluding hydrogens is 236 g/mol. The molecule has 2 aliphatic rings. The van der Waals surface area contributed by atoms with E-state index >= 15 is 0 Å². The second-order valence-electron chi connectivity index (χ2n) is 3.78. The molecule has 0 aromatic heterocycles. The summed E-state index contributed by atoms with van der Waals surface area (Å²) in [7, 11) is 1.67. The van der Waals surface area contributed by atoms with Gasteiger partial charge in [-0.05, 0) is 25.2 Å². The first-order valence-electron chi connectivity index (χ1n) is 5.38. The molecule has 0 spiro atoms.